The highest BCUT2D eigenvalue weighted by Gasteiger charge is 2.30. The van der Waals surface area contributed by atoms with Gasteiger partial charge in [0.05, 0.1) is 17.4 Å². The summed E-state index contributed by atoms with van der Waals surface area (Å²) in [7, 11) is -3.52. The summed E-state index contributed by atoms with van der Waals surface area (Å²) in [6.07, 6.45) is -4.48. The van der Waals surface area contributed by atoms with Gasteiger partial charge in [0.25, 0.3) is 0 Å². The molecule has 1 aromatic carbocycles. The van der Waals surface area contributed by atoms with E-state index in [4.69, 9.17) is 5.26 Å². The van der Waals surface area contributed by atoms with Crippen molar-refractivity contribution in [2.45, 2.75) is 12.6 Å². The second kappa shape index (κ2) is 5.40. The minimum absolute atomic E-state index is 0.0338. The van der Waals surface area contributed by atoms with E-state index in [0.29, 0.717) is 0 Å². The van der Waals surface area contributed by atoms with Crippen LogP contribution in [0.1, 0.15) is 11.1 Å². The Morgan fingerprint density at radius 2 is 1.94 bits per heavy atom. The van der Waals surface area contributed by atoms with Gasteiger partial charge in [0.15, 0.2) is 9.84 Å². The molecule has 0 heterocycles. The molecule has 0 N–H and O–H groups in total. The molecule has 0 bridgehead atoms. The summed E-state index contributed by atoms with van der Waals surface area (Å²) in [5, 5.41) is 8.27. The van der Waals surface area contributed by atoms with E-state index in [2.05, 4.69) is 0 Å². The van der Waals surface area contributed by atoms with Crippen LogP contribution in [0.25, 0.3) is 0 Å². The molecule has 7 heteroatoms. The van der Waals surface area contributed by atoms with Crippen molar-refractivity contribution >= 4 is 9.84 Å². The second-order valence-electron chi connectivity index (χ2n) is 3.70. The van der Waals surface area contributed by atoms with Crippen LogP contribution in [-0.2, 0) is 22.4 Å². The molecule has 3 nitrogen and oxygen atoms in total. The summed E-state index contributed by atoms with van der Waals surface area (Å²) in [5.41, 5.74) is -0.524. The number of hydrogen-bond acceptors (Lipinski definition) is 3. The minimum Gasteiger partial charge on any atom is -0.228 e. The Bertz CT molecular complexity index is 558. The first-order chi connectivity index (χ1) is 8.24. The number of nitrogens with zero attached hydrogens (tertiary/aromatic N) is 1. The molecular formula is C11H10F3NO2S. The Balaban J connectivity index is 2.79. The number of benzene rings is 1. The molecule has 18 heavy (non-hydrogen) atoms. The molecule has 0 fully saturated rings. The SMILES string of the molecule is N#CCS(=O)(=O)CCc1cccc(C(F)(F)F)c1. The van der Waals surface area contributed by atoms with Crippen LogP contribution < -0.4 is 0 Å². The second-order valence-corrected chi connectivity index (χ2v) is 5.88. The highest BCUT2D eigenvalue weighted by molar-refractivity contribution is 7.91. The highest BCUT2D eigenvalue weighted by Crippen LogP contribution is 2.29. The van der Waals surface area contributed by atoms with Gasteiger partial charge >= 0.3 is 6.18 Å². The zero-order chi connectivity index (χ0) is 13.8. The van der Waals surface area contributed by atoms with Crippen LogP contribution in [0.5, 0.6) is 0 Å². The largest absolute Gasteiger partial charge is 0.416 e. The van der Waals surface area contributed by atoms with E-state index in [1.54, 1.807) is 0 Å². The average molecular weight is 277 g/mol. The summed E-state index contributed by atoms with van der Waals surface area (Å²) in [4.78, 5) is 0. The molecule has 0 amide bonds. The Morgan fingerprint density at radius 1 is 1.28 bits per heavy atom. The van der Waals surface area contributed by atoms with Gasteiger partial charge in [-0.05, 0) is 18.1 Å². The van der Waals surface area contributed by atoms with E-state index in [1.165, 1.54) is 18.2 Å². The molecule has 0 saturated carbocycles. The third-order valence-electron chi connectivity index (χ3n) is 2.24. The van der Waals surface area contributed by atoms with Crippen molar-refractivity contribution in [3.63, 3.8) is 0 Å². The number of sulfone groups is 1. The molecule has 98 valence electrons. The summed E-state index contributed by atoms with van der Waals surface area (Å²) in [6, 6.07) is 6.01. The van der Waals surface area contributed by atoms with E-state index in [-0.39, 0.29) is 17.7 Å². The molecule has 1 rings (SSSR count). The maximum atomic E-state index is 12.4. The summed E-state index contributed by atoms with van der Waals surface area (Å²) in [6.45, 7) is 0. The molecule has 0 radical (unpaired) electrons. The third-order valence-corrected chi connectivity index (χ3v) is 3.64. The fourth-order valence-electron chi connectivity index (χ4n) is 1.35. The van der Waals surface area contributed by atoms with Gasteiger partial charge in [0.2, 0.25) is 0 Å². The highest BCUT2D eigenvalue weighted by atomic mass is 32.2. The van der Waals surface area contributed by atoms with Crippen molar-refractivity contribution in [3.8, 4) is 6.07 Å². The van der Waals surface area contributed by atoms with Crippen molar-refractivity contribution in [1.82, 2.24) is 0 Å². The fraction of sp³-hybridized carbons (Fsp3) is 0.364. The molecule has 0 aliphatic carbocycles. The first kappa shape index (κ1) is 14.5. The Hall–Kier alpha value is -1.55. The van der Waals surface area contributed by atoms with Gasteiger partial charge in [-0.25, -0.2) is 8.42 Å². The van der Waals surface area contributed by atoms with Crippen LogP contribution in [0.4, 0.5) is 13.2 Å². The molecule has 0 aromatic heterocycles. The predicted octanol–water partition coefficient (Wildman–Crippen LogP) is 2.19. The van der Waals surface area contributed by atoms with Crippen LogP contribution >= 0.6 is 0 Å². The van der Waals surface area contributed by atoms with Gasteiger partial charge in [-0.2, -0.15) is 18.4 Å². The summed E-state index contributed by atoms with van der Waals surface area (Å²) < 4.78 is 59.7. The molecule has 0 saturated heterocycles. The smallest absolute Gasteiger partial charge is 0.228 e. The van der Waals surface area contributed by atoms with Gasteiger partial charge in [-0.15, -0.1) is 0 Å². The summed E-state index contributed by atoms with van der Waals surface area (Å²) in [5.74, 6) is -0.951. The van der Waals surface area contributed by atoms with Gasteiger partial charge < -0.3 is 0 Å². The number of rotatable bonds is 4. The monoisotopic (exact) mass is 277 g/mol. The van der Waals surface area contributed by atoms with E-state index >= 15 is 0 Å². The quantitative estimate of drug-likeness (QED) is 0.847. The first-order valence-corrected chi connectivity index (χ1v) is 6.80. The lowest BCUT2D eigenvalue weighted by Crippen LogP contribution is -2.12. The molecule has 0 atom stereocenters. The Morgan fingerprint density at radius 3 is 2.50 bits per heavy atom. The standard InChI is InChI=1S/C11H10F3NO2S/c12-11(13,14)10-3-1-2-9(8-10)4-6-18(16,17)7-5-15/h1-3,8H,4,6-7H2. The maximum absolute atomic E-state index is 12.4. The van der Waals surface area contributed by atoms with Crippen LogP contribution in [0.3, 0.4) is 0 Å². The molecule has 0 aliphatic rings. The number of alkyl halides is 3. The van der Waals surface area contributed by atoms with Crippen molar-refractivity contribution in [3.05, 3.63) is 35.4 Å². The molecule has 0 aliphatic heterocycles. The molecule has 1 aromatic rings. The average Bonchev–Trinajstić information content (AvgIpc) is 2.26. The van der Waals surface area contributed by atoms with Crippen LogP contribution in [0.15, 0.2) is 24.3 Å². The van der Waals surface area contributed by atoms with E-state index in [9.17, 15) is 21.6 Å². The number of halogens is 3. The maximum Gasteiger partial charge on any atom is 0.416 e. The normalized spacial score (nSPS) is 12.1. The minimum atomic E-state index is -4.44. The molecule has 0 unspecified atom stereocenters. The zero-order valence-electron chi connectivity index (χ0n) is 9.24. The van der Waals surface area contributed by atoms with E-state index < -0.39 is 27.3 Å². The molecule has 0 spiro atoms. The van der Waals surface area contributed by atoms with Crippen LogP contribution in [0.2, 0.25) is 0 Å². The van der Waals surface area contributed by atoms with Crippen molar-refractivity contribution in [1.29, 1.82) is 5.26 Å². The van der Waals surface area contributed by atoms with Crippen LogP contribution in [-0.4, -0.2) is 19.9 Å². The lowest BCUT2D eigenvalue weighted by Gasteiger charge is -2.08. The third kappa shape index (κ3) is 4.37. The van der Waals surface area contributed by atoms with E-state index in [1.807, 2.05) is 0 Å². The van der Waals surface area contributed by atoms with E-state index in [0.717, 1.165) is 12.1 Å². The Kier molecular flexibility index (Phi) is 4.35. The zero-order valence-corrected chi connectivity index (χ0v) is 10.1. The number of nitriles is 1. The van der Waals surface area contributed by atoms with Gasteiger partial charge in [0, 0.05) is 0 Å². The summed E-state index contributed by atoms with van der Waals surface area (Å²) >= 11 is 0. The van der Waals surface area contributed by atoms with Gasteiger partial charge in [-0.3, -0.25) is 0 Å². The number of aryl methyl sites for hydroxylation is 1. The first-order valence-electron chi connectivity index (χ1n) is 4.98. The van der Waals surface area contributed by atoms with Gasteiger partial charge in [0.1, 0.15) is 5.75 Å². The van der Waals surface area contributed by atoms with Gasteiger partial charge in [-0.1, -0.05) is 18.2 Å². The topological polar surface area (TPSA) is 57.9 Å². The Labute approximate surface area is 103 Å². The lowest BCUT2D eigenvalue weighted by molar-refractivity contribution is -0.137. The van der Waals surface area contributed by atoms with Crippen LogP contribution in [0, 0.1) is 11.3 Å². The van der Waals surface area contributed by atoms with Crippen molar-refractivity contribution < 1.29 is 21.6 Å². The molecular weight excluding hydrogens is 267 g/mol. The number of hydrogen-bond donors (Lipinski definition) is 0. The predicted molar refractivity (Wildman–Crippen MR) is 59.4 cm³/mol. The van der Waals surface area contributed by atoms with Crippen molar-refractivity contribution in [2.24, 2.45) is 0 Å². The fourth-order valence-corrected chi connectivity index (χ4v) is 2.23. The van der Waals surface area contributed by atoms with Crippen molar-refractivity contribution in [2.75, 3.05) is 11.5 Å². The lowest BCUT2D eigenvalue weighted by atomic mass is 10.1.